The Morgan fingerprint density at radius 2 is 1.12 bits per heavy atom. The molecule has 18 nitrogen and oxygen atoms in total. The molecule has 0 bridgehead atoms. The zero-order valence-electron chi connectivity index (χ0n) is 39.3. The van der Waals surface area contributed by atoms with Crippen LogP contribution in [0.2, 0.25) is 5.04 Å². The molecule has 2 aliphatic rings. The van der Waals surface area contributed by atoms with Crippen LogP contribution in [0.4, 0.5) is 38.0 Å². The fraction of sp³-hybridized carbons (Fsp3) is 0.375. The van der Waals surface area contributed by atoms with Gasteiger partial charge in [-0.15, -0.1) is 0 Å². The van der Waals surface area contributed by atoms with Crippen molar-refractivity contribution in [1.29, 1.82) is 0 Å². The Kier molecular flexibility index (Phi) is 16.1. The fourth-order valence-electron chi connectivity index (χ4n) is 8.63. The zero-order valence-corrected chi connectivity index (χ0v) is 40.3. The van der Waals surface area contributed by atoms with Gasteiger partial charge in [-0.05, 0) is 15.4 Å². The Balaban J connectivity index is 0.000000239. The normalized spacial score (nSPS) is 20.1. The van der Waals surface area contributed by atoms with Gasteiger partial charge in [0, 0.05) is 25.2 Å². The molecular formula is C48H50F6N10O8Si. The number of hydrogen-bond acceptors (Lipinski definition) is 14. The van der Waals surface area contributed by atoms with E-state index in [4.69, 9.17) is 25.4 Å². The number of ether oxygens (including phenoxy) is 2. The number of fused-ring (bicyclic) bond motifs is 2. The Labute approximate surface area is 414 Å². The van der Waals surface area contributed by atoms with E-state index in [1.165, 1.54) is 18.9 Å². The Hall–Kier alpha value is -7.10. The lowest BCUT2D eigenvalue weighted by atomic mass is 10.2. The van der Waals surface area contributed by atoms with Crippen LogP contribution >= 0.6 is 0 Å². The summed E-state index contributed by atoms with van der Waals surface area (Å²) in [4.78, 5) is 38.3. The van der Waals surface area contributed by atoms with Crippen LogP contribution in [0, 0.1) is 23.7 Å². The highest BCUT2D eigenvalue weighted by Gasteiger charge is 2.51. The number of aliphatic hydroxyl groups is 3. The average Bonchev–Trinajstić information content (AvgIpc) is 4.12. The lowest BCUT2D eigenvalue weighted by Crippen LogP contribution is -2.67. The summed E-state index contributed by atoms with van der Waals surface area (Å²) >= 11 is 0. The molecule has 2 fully saturated rings. The number of aromatic nitrogens is 6. The first-order chi connectivity index (χ1) is 34.5. The third-order valence-corrected chi connectivity index (χ3v) is 17.0. The maximum Gasteiger partial charge on any atom is 0.471 e. The van der Waals surface area contributed by atoms with Crippen LogP contribution in [0.15, 0.2) is 85.7 Å². The van der Waals surface area contributed by atoms with Crippen LogP contribution in [0.1, 0.15) is 57.2 Å². The zero-order chi connectivity index (χ0) is 52.9. The van der Waals surface area contributed by atoms with Crippen molar-refractivity contribution in [1.82, 2.24) is 39.7 Å². The molecule has 8 rings (SSSR count). The minimum Gasteiger partial charge on any atom is -0.405 e. The molecule has 6 heterocycles. The van der Waals surface area contributed by atoms with Gasteiger partial charge < -0.3 is 60.5 Å². The van der Waals surface area contributed by atoms with Crippen LogP contribution in [0.25, 0.3) is 22.1 Å². The molecule has 2 aromatic carbocycles. The number of hydrogen-bond donors (Lipinski definition) is 7. The van der Waals surface area contributed by atoms with Crippen molar-refractivity contribution in [2.24, 2.45) is 0 Å². The number of amides is 2. The van der Waals surface area contributed by atoms with E-state index in [0.717, 1.165) is 10.4 Å². The Morgan fingerprint density at radius 1 is 0.712 bits per heavy atom. The van der Waals surface area contributed by atoms with Crippen LogP contribution in [-0.2, 0) is 23.5 Å². The van der Waals surface area contributed by atoms with E-state index in [2.05, 4.69) is 88.7 Å². The predicted molar refractivity (Wildman–Crippen MR) is 255 cm³/mol. The van der Waals surface area contributed by atoms with Crippen molar-refractivity contribution in [3.8, 4) is 23.7 Å². The lowest BCUT2D eigenvalue weighted by Gasteiger charge is -2.43. The molecule has 0 spiro atoms. The van der Waals surface area contributed by atoms with Gasteiger partial charge in [0.15, 0.2) is 0 Å². The minimum absolute atomic E-state index is 0.102. The van der Waals surface area contributed by atoms with E-state index < -0.39 is 82.4 Å². The maximum absolute atomic E-state index is 12.5. The third-order valence-electron chi connectivity index (χ3n) is 12.0. The van der Waals surface area contributed by atoms with E-state index in [0.29, 0.717) is 33.2 Å². The van der Waals surface area contributed by atoms with Gasteiger partial charge in [0.1, 0.15) is 60.2 Å². The molecule has 0 radical (unpaired) electrons. The number of rotatable bonds is 10. The average molecular weight is 1040 g/mol. The highest BCUT2D eigenvalue weighted by Crippen LogP contribution is 2.39. The number of nitrogens with zero attached hydrogens (tertiary/aromatic N) is 6. The fourth-order valence-corrected chi connectivity index (χ4v) is 13.2. The van der Waals surface area contributed by atoms with Gasteiger partial charge in [0.2, 0.25) is 0 Å². The quantitative estimate of drug-likeness (QED) is 0.0592. The van der Waals surface area contributed by atoms with Crippen LogP contribution < -0.4 is 32.5 Å². The highest BCUT2D eigenvalue weighted by molar-refractivity contribution is 6.99. The molecule has 0 aliphatic carbocycles. The van der Waals surface area contributed by atoms with Crippen LogP contribution in [-0.4, -0.2) is 128 Å². The molecule has 2 saturated heterocycles. The van der Waals surface area contributed by atoms with E-state index >= 15 is 0 Å². The van der Waals surface area contributed by atoms with E-state index in [9.17, 15) is 51.3 Å². The number of nitrogen functional groups attached to an aromatic ring is 2. The van der Waals surface area contributed by atoms with E-state index in [1.807, 2.05) is 36.4 Å². The summed E-state index contributed by atoms with van der Waals surface area (Å²) in [6.07, 6.45) is -8.42. The summed E-state index contributed by atoms with van der Waals surface area (Å²) in [5.41, 5.74) is 13.4. The van der Waals surface area contributed by atoms with Crippen molar-refractivity contribution in [3.63, 3.8) is 0 Å². The van der Waals surface area contributed by atoms with Crippen molar-refractivity contribution in [2.45, 2.75) is 87.9 Å². The highest BCUT2D eigenvalue weighted by atomic mass is 28.4. The third kappa shape index (κ3) is 11.7. The summed E-state index contributed by atoms with van der Waals surface area (Å²) in [6.45, 7) is 5.22. The Bertz CT molecular complexity index is 3020. The van der Waals surface area contributed by atoms with Crippen molar-refractivity contribution in [2.75, 3.05) is 37.8 Å². The van der Waals surface area contributed by atoms with Gasteiger partial charge >= 0.3 is 24.2 Å². The van der Waals surface area contributed by atoms with Gasteiger partial charge in [0.25, 0.3) is 8.32 Å². The number of aliphatic hydroxyl groups excluding tert-OH is 3. The van der Waals surface area contributed by atoms with Crippen LogP contribution in [0.5, 0.6) is 0 Å². The molecular weight excluding hydrogens is 987 g/mol. The van der Waals surface area contributed by atoms with Crippen LogP contribution in [0.3, 0.4) is 0 Å². The molecule has 9 N–H and O–H groups in total. The number of anilines is 2. The largest absolute Gasteiger partial charge is 0.471 e. The van der Waals surface area contributed by atoms with E-state index in [-0.39, 0.29) is 42.7 Å². The van der Waals surface area contributed by atoms with Gasteiger partial charge in [-0.1, -0.05) is 105 Å². The SMILES string of the molecule is CC(C)(C)[Si](OCC1OC(n2cc(C#CCNC(=O)C(F)(F)F)c3c(N)ncnc32)CC1O)(c1ccccc1)c1ccccc1.Nc1ncnc2c1c(C#CCNC(=O)C(F)(F)F)cn2C1CC(O)C(CO)O1. The number of benzene rings is 2. The lowest BCUT2D eigenvalue weighted by molar-refractivity contribution is -0.173. The first-order valence-electron chi connectivity index (χ1n) is 22.5. The monoisotopic (exact) mass is 1040 g/mol. The van der Waals surface area contributed by atoms with Gasteiger partial charge in [-0.3, -0.25) is 9.59 Å². The molecule has 2 amide bonds. The second-order valence-corrected chi connectivity index (χ2v) is 22.1. The molecule has 6 unspecified atom stereocenters. The molecule has 6 atom stereocenters. The summed E-state index contributed by atoms with van der Waals surface area (Å²) in [5.74, 6) is 6.37. The summed E-state index contributed by atoms with van der Waals surface area (Å²) < 4.78 is 96.3. The summed E-state index contributed by atoms with van der Waals surface area (Å²) in [6, 6.07) is 20.3. The molecule has 2 aliphatic heterocycles. The minimum atomic E-state index is -5.01. The molecule has 73 heavy (non-hydrogen) atoms. The number of alkyl halides is 6. The predicted octanol–water partition coefficient (Wildman–Crippen LogP) is 2.95. The standard InChI is InChI=1S/C32H34F3N5O4Si.C16H16F3N5O4/c1-31(2,3)45(22-12-6-4-7-13-22,23-14-8-5-9-15-23)43-19-25-24(41)17-26(44-25)40-18-21(27-28(36)38-20-39-29(27)40)11-10-16-37-30(42)32(33,34)35;17-16(18,19)15(27)21-3-1-2-8-5-24(11-4-9(26)10(6-25)28-11)14-12(8)13(20)22-7-23-14/h4-9,12-15,18,20,24-26,41H,16-17,19H2,1-3H3,(H,37,42)(H2,36,38,39);5,7,9-11,25-26H,3-4,6H2,(H,21,27)(H2,20,22,23). The van der Waals surface area contributed by atoms with Gasteiger partial charge in [-0.2, -0.15) is 26.3 Å². The smallest absolute Gasteiger partial charge is 0.405 e. The van der Waals surface area contributed by atoms with Crippen molar-refractivity contribution >= 4 is 64.2 Å². The molecule has 0 saturated carbocycles. The molecule has 386 valence electrons. The summed E-state index contributed by atoms with van der Waals surface area (Å²) in [5, 5.41) is 36.4. The first-order valence-corrected chi connectivity index (χ1v) is 24.4. The van der Waals surface area contributed by atoms with Crippen molar-refractivity contribution in [3.05, 3.63) is 96.8 Å². The number of nitrogens with one attached hydrogen (secondary N) is 2. The number of nitrogens with two attached hydrogens (primary N) is 2. The second kappa shape index (κ2) is 21.9. The first kappa shape index (κ1) is 53.7. The number of carbonyl (C=O) groups excluding carboxylic acids is 2. The van der Waals surface area contributed by atoms with E-state index in [1.54, 1.807) is 26.0 Å². The topological polar surface area (TPSA) is 260 Å². The molecule has 25 heteroatoms. The number of halogens is 6. The van der Waals surface area contributed by atoms with Crippen molar-refractivity contribution < 1.29 is 65.2 Å². The molecule has 6 aromatic rings. The van der Waals surface area contributed by atoms with Gasteiger partial charge in [0.05, 0.1) is 60.4 Å². The molecule has 4 aromatic heterocycles. The summed E-state index contributed by atoms with van der Waals surface area (Å²) in [7, 11) is -2.89. The second-order valence-electron chi connectivity index (χ2n) is 17.8. The number of carbonyl (C=O) groups is 2. The van der Waals surface area contributed by atoms with Gasteiger partial charge in [-0.25, -0.2) is 19.9 Å². The Morgan fingerprint density at radius 3 is 1.51 bits per heavy atom. The maximum atomic E-state index is 12.5.